The minimum Gasteiger partial charge on any atom is -0.490 e. The fourth-order valence-electron chi connectivity index (χ4n) is 4.04. The number of carbonyl (C=O) groups is 1. The number of benzene rings is 3. The zero-order chi connectivity index (χ0) is 28.0. The lowest BCUT2D eigenvalue weighted by Crippen LogP contribution is -2.19. The Labute approximate surface area is 225 Å². The van der Waals surface area contributed by atoms with Crippen molar-refractivity contribution in [1.29, 1.82) is 0 Å². The molecule has 3 rings (SSSR count). The summed E-state index contributed by atoms with van der Waals surface area (Å²) in [4.78, 5) is 11.3. The van der Waals surface area contributed by atoms with Gasteiger partial charge in [-0.2, -0.15) is 0 Å². The van der Waals surface area contributed by atoms with Gasteiger partial charge in [-0.25, -0.2) is 13.2 Å². The number of sulfonamides is 1. The van der Waals surface area contributed by atoms with Crippen LogP contribution in [0.25, 0.3) is 0 Å². The van der Waals surface area contributed by atoms with Crippen LogP contribution in [0.4, 0.5) is 5.69 Å². The van der Waals surface area contributed by atoms with Gasteiger partial charge in [0.05, 0.1) is 10.5 Å². The van der Waals surface area contributed by atoms with Crippen molar-refractivity contribution in [3.8, 4) is 11.5 Å². The molecule has 0 amide bonds. The Kier molecular flexibility index (Phi) is 9.44. The van der Waals surface area contributed by atoms with Gasteiger partial charge in [0.1, 0.15) is 24.7 Å². The van der Waals surface area contributed by atoms with Crippen molar-refractivity contribution in [2.24, 2.45) is 0 Å². The summed E-state index contributed by atoms with van der Waals surface area (Å²) in [5.41, 5.74) is 3.43. The Hall–Kier alpha value is -3.52. The number of hydrogen-bond acceptors (Lipinski definition) is 5. The van der Waals surface area contributed by atoms with Gasteiger partial charge in [-0.1, -0.05) is 53.7 Å². The highest BCUT2D eigenvalue weighted by molar-refractivity contribution is 7.92. The van der Waals surface area contributed by atoms with E-state index >= 15 is 0 Å². The number of aromatic carboxylic acids is 1. The van der Waals surface area contributed by atoms with Crippen molar-refractivity contribution in [2.45, 2.75) is 64.2 Å². The first-order valence-electron chi connectivity index (χ1n) is 12.8. The van der Waals surface area contributed by atoms with Crippen molar-refractivity contribution < 1.29 is 27.8 Å². The number of carboxylic acids is 1. The molecule has 38 heavy (non-hydrogen) atoms. The van der Waals surface area contributed by atoms with Crippen molar-refractivity contribution in [2.75, 3.05) is 17.9 Å². The molecule has 0 saturated carbocycles. The fourth-order valence-corrected chi connectivity index (χ4v) is 5.80. The van der Waals surface area contributed by atoms with E-state index in [-0.39, 0.29) is 30.6 Å². The molecule has 0 fully saturated rings. The maximum atomic E-state index is 13.6. The lowest BCUT2D eigenvalue weighted by atomic mass is 9.89. The second-order valence-corrected chi connectivity index (χ2v) is 11.8. The highest BCUT2D eigenvalue weighted by atomic mass is 32.2. The minimum atomic E-state index is -3.83. The molecule has 0 aliphatic heterocycles. The zero-order valence-corrected chi connectivity index (χ0v) is 23.6. The Morgan fingerprint density at radius 2 is 1.21 bits per heavy atom. The van der Waals surface area contributed by atoms with Crippen LogP contribution in [-0.4, -0.2) is 32.7 Å². The summed E-state index contributed by atoms with van der Waals surface area (Å²) in [5.74, 6) is 0.522. The summed E-state index contributed by atoms with van der Waals surface area (Å²) in [6.07, 6.45) is 0. The Morgan fingerprint density at radius 1 is 0.763 bits per heavy atom. The van der Waals surface area contributed by atoms with E-state index in [1.165, 1.54) is 12.1 Å². The van der Waals surface area contributed by atoms with E-state index in [1.54, 1.807) is 36.4 Å². The highest BCUT2D eigenvalue weighted by Crippen LogP contribution is 2.36. The molecule has 2 N–H and O–H groups in total. The van der Waals surface area contributed by atoms with Gasteiger partial charge < -0.3 is 14.6 Å². The van der Waals surface area contributed by atoms with Crippen LogP contribution in [0.5, 0.6) is 11.5 Å². The maximum absolute atomic E-state index is 13.6. The molecule has 0 atom stereocenters. The third-order valence-electron chi connectivity index (χ3n) is 6.18. The highest BCUT2D eigenvalue weighted by Gasteiger charge is 2.27. The molecule has 0 heterocycles. The zero-order valence-electron chi connectivity index (χ0n) is 22.8. The monoisotopic (exact) mass is 539 g/mol. The van der Waals surface area contributed by atoms with Crippen LogP contribution < -0.4 is 14.2 Å². The molecule has 0 aromatic heterocycles. The van der Waals surface area contributed by atoms with E-state index in [0.29, 0.717) is 28.0 Å². The molecule has 7 nitrogen and oxygen atoms in total. The number of carboxylic acid groups (broad SMARTS) is 1. The summed E-state index contributed by atoms with van der Waals surface area (Å²) in [5, 5.41) is 8.95. The first-order chi connectivity index (χ1) is 17.9. The Balaban J connectivity index is 1.69. The summed E-state index contributed by atoms with van der Waals surface area (Å²) in [7, 11) is -3.83. The summed E-state index contributed by atoms with van der Waals surface area (Å²) in [6.45, 7) is 12.8. The second-order valence-electron chi connectivity index (χ2n) is 10.1. The molecule has 3 aromatic rings. The first kappa shape index (κ1) is 29.0. The van der Waals surface area contributed by atoms with Gasteiger partial charge >= 0.3 is 5.97 Å². The number of nitrogens with one attached hydrogen (secondary N) is 1. The predicted molar refractivity (Wildman–Crippen MR) is 150 cm³/mol. The summed E-state index contributed by atoms with van der Waals surface area (Å²) < 4.78 is 41.3. The molecule has 3 aromatic carbocycles. The smallest absolute Gasteiger partial charge is 0.335 e. The molecule has 0 aliphatic carbocycles. The van der Waals surface area contributed by atoms with E-state index in [0.717, 1.165) is 16.7 Å². The van der Waals surface area contributed by atoms with Crippen LogP contribution in [0.15, 0.2) is 65.6 Å². The second kappa shape index (κ2) is 12.3. The van der Waals surface area contributed by atoms with E-state index in [9.17, 15) is 13.2 Å². The number of hydrogen-bond donors (Lipinski definition) is 2. The average Bonchev–Trinajstić information content (AvgIpc) is 2.86. The molecule has 204 valence electrons. The standard InChI is InChI=1S/C30H37NO6S/c1-19(2)23-17-27(20(3)4)29(28(18-23)21(5)6)38(34,35)31-24-9-13-26(14-10-24)37-16-15-36-25-11-7-22(8-12-25)30(32)33/h7-14,17-21,31H,15-16H2,1-6H3,(H,32,33). The van der Waals surface area contributed by atoms with Crippen molar-refractivity contribution in [1.82, 2.24) is 0 Å². The predicted octanol–water partition coefficient (Wildman–Crippen LogP) is 7.01. The number of ether oxygens (including phenoxy) is 2. The minimum absolute atomic E-state index is 0.0471. The molecule has 0 bridgehead atoms. The third kappa shape index (κ3) is 7.28. The first-order valence-corrected chi connectivity index (χ1v) is 14.3. The fraction of sp³-hybridized carbons (Fsp3) is 0.367. The van der Waals surface area contributed by atoms with Crippen LogP contribution in [0.1, 0.15) is 86.3 Å². The van der Waals surface area contributed by atoms with Gasteiger partial charge in [-0.05, 0) is 83.0 Å². The van der Waals surface area contributed by atoms with Crippen LogP contribution in [0.3, 0.4) is 0 Å². The van der Waals surface area contributed by atoms with Crippen LogP contribution in [0.2, 0.25) is 0 Å². The van der Waals surface area contributed by atoms with Crippen molar-refractivity contribution in [3.63, 3.8) is 0 Å². The molecule has 0 aliphatic rings. The van der Waals surface area contributed by atoms with Crippen LogP contribution in [-0.2, 0) is 10.0 Å². The van der Waals surface area contributed by atoms with E-state index < -0.39 is 16.0 Å². The maximum Gasteiger partial charge on any atom is 0.335 e. The third-order valence-corrected chi connectivity index (χ3v) is 7.69. The average molecular weight is 540 g/mol. The SMILES string of the molecule is CC(C)c1cc(C(C)C)c(S(=O)(=O)Nc2ccc(OCCOc3ccc(C(=O)O)cc3)cc2)c(C(C)C)c1. The van der Waals surface area contributed by atoms with Crippen LogP contribution in [0, 0.1) is 0 Å². The molecule has 0 unspecified atom stereocenters. The van der Waals surface area contributed by atoms with Gasteiger partial charge in [0.25, 0.3) is 10.0 Å². The van der Waals surface area contributed by atoms with E-state index in [1.807, 2.05) is 39.8 Å². The van der Waals surface area contributed by atoms with Gasteiger partial charge in [-0.3, -0.25) is 4.72 Å². The normalized spacial score (nSPS) is 11.7. The number of anilines is 1. The molecular formula is C30H37NO6S. The molecule has 0 spiro atoms. The van der Waals surface area contributed by atoms with E-state index in [2.05, 4.69) is 18.6 Å². The Bertz CT molecular complexity index is 1320. The topological polar surface area (TPSA) is 102 Å². The number of rotatable bonds is 12. The molecule has 0 radical (unpaired) electrons. The largest absolute Gasteiger partial charge is 0.490 e. The van der Waals surface area contributed by atoms with Gasteiger partial charge in [0, 0.05) is 5.69 Å². The molecule has 0 saturated heterocycles. The van der Waals surface area contributed by atoms with Crippen molar-refractivity contribution >= 4 is 21.7 Å². The lowest BCUT2D eigenvalue weighted by molar-refractivity contribution is 0.0696. The van der Waals surface area contributed by atoms with Crippen molar-refractivity contribution in [3.05, 3.63) is 82.9 Å². The van der Waals surface area contributed by atoms with E-state index in [4.69, 9.17) is 14.6 Å². The van der Waals surface area contributed by atoms with Gasteiger partial charge in [0.2, 0.25) is 0 Å². The van der Waals surface area contributed by atoms with Gasteiger partial charge in [-0.15, -0.1) is 0 Å². The van der Waals surface area contributed by atoms with Crippen LogP contribution >= 0.6 is 0 Å². The van der Waals surface area contributed by atoms with Gasteiger partial charge in [0.15, 0.2) is 0 Å². The molecule has 8 heteroatoms. The quantitative estimate of drug-likeness (QED) is 0.240. The molecular weight excluding hydrogens is 502 g/mol. The lowest BCUT2D eigenvalue weighted by Gasteiger charge is -2.23. The Morgan fingerprint density at radius 3 is 1.61 bits per heavy atom. The summed E-state index contributed by atoms with van der Waals surface area (Å²) >= 11 is 0. The summed E-state index contributed by atoms with van der Waals surface area (Å²) in [6, 6.07) is 16.9.